The normalized spacial score (nSPS) is 29.9. The van der Waals surface area contributed by atoms with Gasteiger partial charge in [-0.25, -0.2) is 0 Å². The zero-order chi connectivity index (χ0) is 9.73. The molecule has 3 heteroatoms. The van der Waals surface area contributed by atoms with Gasteiger partial charge in [-0.3, -0.25) is 0 Å². The molecular formula is C10H19N3. The summed E-state index contributed by atoms with van der Waals surface area (Å²) in [6.07, 6.45) is 2.81. The van der Waals surface area contributed by atoms with E-state index in [2.05, 4.69) is 30.6 Å². The van der Waals surface area contributed by atoms with Gasteiger partial charge in [0, 0.05) is 18.1 Å². The van der Waals surface area contributed by atoms with Crippen LogP contribution in [0.4, 0.5) is 0 Å². The van der Waals surface area contributed by atoms with Crippen molar-refractivity contribution >= 4 is 0 Å². The Hall–Kier alpha value is -0.590. The zero-order valence-electron chi connectivity index (χ0n) is 8.56. The molecule has 0 aromatic carbocycles. The van der Waals surface area contributed by atoms with Gasteiger partial charge in [-0.1, -0.05) is 6.92 Å². The first-order valence-electron chi connectivity index (χ1n) is 5.05. The summed E-state index contributed by atoms with van der Waals surface area (Å²) in [5.41, 5.74) is 0.206. The van der Waals surface area contributed by atoms with Crippen LogP contribution in [0.15, 0.2) is 0 Å². The number of nitriles is 1. The Labute approximate surface area is 80.5 Å². The van der Waals surface area contributed by atoms with Crippen molar-refractivity contribution in [3.05, 3.63) is 0 Å². The molecule has 0 radical (unpaired) electrons. The van der Waals surface area contributed by atoms with Gasteiger partial charge in [0.2, 0.25) is 0 Å². The van der Waals surface area contributed by atoms with Crippen molar-refractivity contribution < 1.29 is 0 Å². The highest BCUT2D eigenvalue weighted by molar-refractivity contribution is 4.95. The summed E-state index contributed by atoms with van der Waals surface area (Å²) in [6, 6.07) is 2.58. The van der Waals surface area contributed by atoms with Crippen LogP contribution >= 0.6 is 0 Å². The minimum absolute atomic E-state index is 0.206. The number of nitrogens with zero attached hydrogens (tertiary/aromatic N) is 1. The minimum Gasteiger partial charge on any atom is -0.315 e. The van der Waals surface area contributed by atoms with E-state index in [1.807, 2.05) is 0 Å². The molecule has 1 aliphatic rings. The van der Waals surface area contributed by atoms with Crippen molar-refractivity contribution in [1.29, 1.82) is 5.26 Å². The van der Waals surface area contributed by atoms with Gasteiger partial charge in [0.05, 0.1) is 12.5 Å². The van der Waals surface area contributed by atoms with Gasteiger partial charge in [0.15, 0.2) is 0 Å². The fourth-order valence-electron chi connectivity index (χ4n) is 1.84. The SMILES string of the molecule is CCC(CC#N)NC1(C)CCNC1. The lowest BCUT2D eigenvalue weighted by atomic mass is 9.98. The monoisotopic (exact) mass is 181 g/mol. The molecule has 1 fully saturated rings. The smallest absolute Gasteiger partial charge is 0.0638 e. The third-order valence-corrected chi connectivity index (χ3v) is 2.75. The number of hydrogen-bond donors (Lipinski definition) is 2. The summed E-state index contributed by atoms with van der Waals surface area (Å²) in [6.45, 7) is 6.47. The Morgan fingerprint density at radius 3 is 2.92 bits per heavy atom. The first kappa shape index (κ1) is 10.5. The molecule has 0 aliphatic carbocycles. The summed E-state index contributed by atoms with van der Waals surface area (Å²) in [7, 11) is 0. The summed E-state index contributed by atoms with van der Waals surface area (Å²) in [5, 5.41) is 15.5. The van der Waals surface area contributed by atoms with Gasteiger partial charge in [-0.05, 0) is 26.3 Å². The molecule has 0 aromatic heterocycles. The topological polar surface area (TPSA) is 47.9 Å². The van der Waals surface area contributed by atoms with Gasteiger partial charge < -0.3 is 10.6 Å². The van der Waals surface area contributed by atoms with Gasteiger partial charge in [-0.15, -0.1) is 0 Å². The molecule has 13 heavy (non-hydrogen) atoms. The summed E-state index contributed by atoms with van der Waals surface area (Å²) >= 11 is 0. The van der Waals surface area contributed by atoms with E-state index in [0.29, 0.717) is 12.5 Å². The van der Waals surface area contributed by atoms with E-state index < -0.39 is 0 Å². The number of hydrogen-bond acceptors (Lipinski definition) is 3. The second kappa shape index (κ2) is 4.59. The summed E-state index contributed by atoms with van der Waals surface area (Å²) < 4.78 is 0. The molecule has 2 unspecified atom stereocenters. The van der Waals surface area contributed by atoms with Crippen LogP contribution in [0.2, 0.25) is 0 Å². The second-order valence-corrected chi connectivity index (χ2v) is 4.10. The lowest BCUT2D eigenvalue weighted by Crippen LogP contribution is -2.49. The Kier molecular flexibility index (Phi) is 3.71. The van der Waals surface area contributed by atoms with E-state index in [0.717, 1.165) is 25.9 Å². The Bertz CT molecular complexity index is 189. The van der Waals surface area contributed by atoms with Gasteiger partial charge >= 0.3 is 0 Å². The maximum Gasteiger partial charge on any atom is 0.0638 e. The van der Waals surface area contributed by atoms with Crippen LogP contribution in [0.3, 0.4) is 0 Å². The molecule has 0 bridgehead atoms. The van der Waals surface area contributed by atoms with Crippen LogP contribution < -0.4 is 10.6 Å². The molecule has 2 atom stereocenters. The molecule has 2 N–H and O–H groups in total. The standard InChI is InChI=1S/C10H19N3/c1-3-9(4-6-11)13-10(2)5-7-12-8-10/h9,12-13H,3-5,7-8H2,1-2H3. The van der Waals surface area contributed by atoms with Crippen LogP contribution in [0.5, 0.6) is 0 Å². The highest BCUT2D eigenvalue weighted by Crippen LogP contribution is 2.15. The van der Waals surface area contributed by atoms with E-state index in [1.165, 1.54) is 0 Å². The quantitative estimate of drug-likeness (QED) is 0.680. The fourth-order valence-corrected chi connectivity index (χ4v) is 1.84. The van der Waals surface area contributed by atoms with E-state index in [9.17, 15) is 0 Å². The maximum absolute atomic E-state index is 8.62. The van der Waals surface area contributed by atoms with Gasteiger partial charge in [0.1, 0.15) is 0 Å². The van der Waals surface area contributed by atoms with E-state index in [4.69, 9.17) is 5.26 Å². The van der Waals surface area contributed by atoms with Crippen LogP contribution in [0, 0.1) is 11.3 Å². The molecule has 74 valence electrons. The average Bonchev–Trinajstić information content (AvgIpc) is 2.51. The first-order chi connectivity index (χ1) is 6.20. The molecule has 1 rings (SSSR count). The van der Waals surface area contributed by atoms with E-state index in [-0.39, 0.29) is 5.54 Å². The second-order valence-electron chi connectivity index (χ2n) is 4.10. The molecule has 0 amide bonds. The third-order valence-electron chi connectivity index (χ3n) is 2.75. The Morgan fingerprint density at radius 1 is 1.69 bits per heavy atom. The average molecular weight is 181 g/mol. The molecule has 0 saturated carbocycles. The van der Waals surface area contributed by atoms with Crippen molar-refractivity contribution in [1.82, 2.24) is 10.6 Å². The molecule has 3 nitrogen and oxygen atoms in total. The number of rotatable bonds is 4. The largest absolute Gasteiger partial charge is 0.315 e. The van der Waals surface area contributed by atoms with E-state index in [1.54, 1.807) is 0 Å². The van der Waals surface area contributed by atoms with E-state index >= 15 is 0 Å². The fraction of sp³-hybridized carbons (Fsp3) is 0.900. The molecular weight excluding hydrogens is 162 g/mol. The summed E-state index contributed by atoms with van der Waals surface area (Å²) in [4.78, 5) is 0. The van der Waals surface area contributed by atoms with Crippen molar-refractivity contribution in [2.24, 2.45) is 0 Å². The van der Waals surface area contributed by atoms with Crippen LogP contribution in [0.25, 0.3) is 0 Å². The highest BCUT2D eigenvalue weighted by Gasteiger charge is 2.29. The third kappa shape index (κ3) is 2.98. The maximum atomic E-state index is 8.62. The molecule has 0 aromatic rings. The van der Waals surface area contributed by atoms with Gasteiger partial charge in [0.25, 0.3) is 0 Å². The van der Waals surface area contributed by atoms with Gasteiger partial charge in [-0.2, -0.15) is 5.26 Å². The molecule has 1 saturated heterocycles. The minimum atomic E-state index is 0.206. The predicted molar refractivity (Wildman–Crippen MR) is 53.3 cm³/mol. The van der Waals surface area contributed by atoms with Crippen molar-refractivity contribution in [3.63, 3.8) is 0 Å². The number of nitrogens with one attached hydrogen (secondary N) is 2. The van der Waals surface area contributed by atoms with Crippen molar-refractivity contribution in [2.75, 3.05) is 13.1 Å². The summed E-state index contributed by atoms with van der Waals surface area (Å²) in [5.74, 6) is 0. The zero-order valence-corrected chi connectivity index (χ0v) is 8.56. The lowest BCUT2D eigenvalue weighted by Gasteiger charge is -2.29. The lowest BCUT2D eigenvalue weighted by molar-refractivity contribution is 0.327. The van der Waals surface area contributed by atoms with Crippen LogP contribution in [-0.2, 0) is 0 Å². The predicted octanol–water partition coefficient (Wildman–Crippen LogP) is 1.02. The van der Waals surface area contributed by atoms with Crippen LogP contribution in [-0.4, -0.2) is 24.7 Å². The first-order valence-corrected chi connectivity index (χ1v) is 5.05. The van der Waals surface area contributed by atoms with Crippen molar-refractivity contribution in [3.8, 4) is 6.07 Å². The Morgan fingerprint density at radius 2 is 2.46 bits per heavy atom. The molecule has 0 spiro atoms. The molecule has 1 aliphatic heterocycles. The Balaban J connectivity index is 2.40. The van der Waals surface area contributed by atoms with Crippen molar-refractivity contribution in [2.45, 2.75) is 44.7 Å². The highest BCUT2D eigenvalue weighted by atomic mass is 15.1. The van der Waals surface area contributed by atoms with Crippen LogP contribution in [0.1, 0.15) is 33.1 Å². The molecule has 1 heterocycles.